The monoisotopic (exact) mass is 260 g/mol. The summed E-state index contributed by atoms with van der Waals surface area (Å²) in [5, 5.41) is 0. The molecule has 0 aromatic carbocycles. The summed E-state index contributed by atoms with van der Waals surface area (Å²) in [6.07, 6.45) is 4.68. The van der Waals surface area contributed by atoms with Gasteiger partial charge in [0, 0.05) is 18.0 Å². The number of rotatable bonds is 4. The van der Waals surface area contributed by atoms with E-state index in [1.54, 1.807) is 0 Å². The topological polar surface area (TPSA) is 76.8 Å². The fourth-order valence-electron chi connectivity index (χ4n) is 2.94. The van der Waals surface area contributed by atoms with Crippen molar-refractivity contribution in [3.05, 3.63) is 18.0 Å². The molecule has 2 aromatic heterocycles. The average molecular weight is 260 g/mol. The van der Waals surface area contributed by atoms with Gasteiger partial charge in [0.05, 0.1) is 12.1 Å². The fraction of sp³-hybridized carbons (Fsp3) is 0.571. The van der Waals surface area contributed by atoms with E-state index < -0.39 is 0 Å². The standard InChI is InChI=1S/C14H20N4O/c1-2-19-11-6-5-10-12(17-11)18-13(16-10)14(9-15)7-3-4-8-14/h5-6H,2-4,7-9,15H2,1H3,(H,16,17,18). The number of imidazole rings is 1. The summed E-state index contributed by atoms with van der Waals surface area (Å²) in [5.41, 5.74) is 7.69. The molecule has 0 spiro atoms. The molecule has 2 aromatic rings. The van der Waals surface area contributed by atoms with Crippen molar-refractivity contribution in [2.24, 2.45) is 5.73 Å². The lowest BCUT2D eigenvalue weighted by Crippen LogP contribution is -2.33. The predicted octanol–water partition coefficient (Wildman–Crippen LogP) is 2.13. The summed E-state index contributed by atoms with van der Waals surface area (Å²) in [6, 6.07) is 3.85. The SMILES string of the molecule is CCOc1ccc2[nH]c(C3(CN)CCCC3)nc2n1. The van der Waals surface area contributed by atoms with Crippen LogP contribution in [0.25, 0.3) is 11.2 Å². The first-order chi connectivity index (χ1) is 9.27. The lowest BCUT2D eigenvalue weighted by Gasteiger charge is -2.24. The Kier molecular flexibility index (Phi) is 3.14. The Hall–Kier alpha value is -1.62. The molecule has 5 heteroatoms. The van der Waals surface area contributed by atoms with E-state index in [1.165, 1.54) is 12.8 Å². The van der Waals surface area contributed by atoms with Crippen molar-refractivity contribution in [3.63, 3.8) is 0 Å². The molecule has 1 saturated carbocycles. The Bertz CT molecular complexity index is 572. The van der Waals surface area contributed by atoms with Gasteiger partial charge in [0.1, 0.15) is 5.82 Å². The molecule has 19 heavy (non-hydrogen) atoms. The van der Waals surface area contributed by atoms with Crippen molar-refractivity contribution in [1.29, 1.82) is 0 Å². The van der Waals surface area contributed by atoms with Crippen LogP contribution in [0.2, 0.25) is 0 Å². The molecule has 102 valence electrons. The smallest absolute Gasteiger partial charge is 0.215 e. The van der Waals surface area contributed by atoms with E-state index >= 15 is 0 Å². The van der Waals surface area contributed by atoms with Gasteiger partial charge in [-0.1, -0.05) is 12.8 Å². The highest BCUT2D eigenvalue weighted by Gasteiger charge is 2.37. The average Bonchev–Trinajstić information content (AvgIpc) is 3.05. The van der Waals surface area contributed by atoms with Gasteiger partial charge in [-0.15, -0.1) is 0 Å². The number of aromatic amines is 1. The molecule has 0 bridgehead atoms. The molecule has 0 saturated heterocycles. The van der Waals surface area contributed by atoms with E-state index in [0.29, 0.717) is 19.0 Å². The Balaban J connectivity index is 2.01. The minimum absolute atomic E-state index is 0.0203. The van der Waals surface area contributed by atoms with E-state index in [9.17, 15) is 0 Å². The third-order valence-electron chi connectivity index (χ3n) is 4.07. The third-order valence-corrected chi connectivity index (χ3v) is 4.07. The van der Waals surface area contributed by atoms with Crippen molar-refractivity contribution < 1.29 is 4.74 Å². The normalized spacial score (nSPS) is 18.0. The number of fused-ring (bicyclic) bond motifs is 1. The van der Waals surface area contributed by atoms with Crippen LogP contribution in [0.3, 0.4) is 0 Å². The van der Waals surface area contributed by atoms with Crippen LogP contribution in [-0.4, -0.2) is 28.1 Å². The van der Waals surface area contributed by atoms with Crippen molar-refractivity contribution in [2.75, 3.05) is 13.2 Å². The molecule has 0 unspecified atom stereocenters. The molecular weight excluding hydrogens is 240 g/mol. The summed E-state index contributed by atoms with van der Waals surface area (Å²) in [7, 11) is 0. The molecule has 3 N–H and O–H groups in total. The molecule has 1 aliphatic rings. The maximum absolute atomic E-state index is 6.00. The minimum atomic E-state index is 0.0203. The van der Waals surface area contributed by atoms with Gasteiger partial charge in [-0.25, -0.2) is 4.98 Å². The second-order valence-electron chi connectivity index (χ2n) is 5.23. The van der Waals surface area contributed by atoms with E-state index in [1.807, 2.05) is 19.1 Å². The number of H-pyrrole nitrogens is 1. The van der Waals surface area contributed by atoms with Crippen molar-refractivity contribution in [1.82, 2.24) is 15.0 Å². The summed E-state index contributed by atoms with van der Waals surface area (Å²) < 4.78 is 5.41. The summed E-state index contributed by atoms with van der Waals surface area (Å²) in [5.74, 6) is 1.62. The number of aromatic nitrogens is 3. The molecule has 0 radical (unpaired) electrons. The zero-order valence-corrected chi connectivity index (χ0v) is 11.3. The van der Waals surface area contributed by atoms with Crippen LogP contribution < -0.4 is 10.5 Å². The highest BCUT2D eigenvalue weighted by Crippen LogP contribution is 2.39. The first-order valence-electron chi connectivity index (χ1n) is 6.97. The van der Waals surface area contributed by atoms with E-state index in [0.717, 1.165) is 29.8 Å². The van der Waals surface area contributed by atoms with Crippen LogP contribution in [-0.2, 0) is 5.41 Å². The number of pyridine rings is 1. The van der Waals surface area contributed by atoms with Crippen LogP contribution in [0.1, 0.15) is 38.4 Å². The van der Waals surface area contributed by atoms with Gasteiger partial charge in [-0.3, -0.25) is 0 Å². The first kappa shape index (κ1) is 12.4. The predicted molar refractivity (Wildman–Crippen MR) is 74.3 cm³/mol. The van der Waals surface area contributed by atoms with Crippen LogP contribution in [0.5, 0.6) is 5.88 Å². The van der Waals surface area contributed by atoms with E-state index in [4.69, 9.17) is 10.5 Å². The molecule has 0 aliphatic heterocycles. The van der Waals surface area contributed by atoms with E-state index in [-0.39, 0.29) is 5.41 Å². The Labute approximate surface area is 112 Å². The zero-order chi connectivity index (χ0) is 13.3. The fourth-order valence-corrected chi connectivity index (χ4v) is 2.94. The van der Waals surface area contributed by atoms with Gasteiger partial charge >= 0.3 is 0 Å². The molecule has 0 atom stereocenters. The second kappa shape index (κ2) is 4.81. The lowest BCUT2D eigenvalue weighted by molar-refractivity contribution is 0.328. The van der Waals surface area contributed by atoms with Crippen LogP contribution in [0, 0.1) is 0 Å². The zero-order valence-electron chi connectivity index (χ0n) is 11.3. The van der Waals surface area contributed by atoms with E-state index in [2.05, 4.69) is 15.0 Å². The molecule has 2 heterocycles. The van der Waals surface area contributed by atoms with Gasteiger partial charge in [-0.05, 0) is 25.8 Å². The molecule has 3 rings (SSSR count). The summed E-state index contributed by atoms with van der Waals surface area (Å²) in [6.45, 7) is 3.21. The van der Waals surface area contributed by atoms with Gasteiger partial charge in [0.2, 0.25) is 5.88 Å². The Morgan fingerprint density at radius 2 is 2.11 bits per heavy atom. The lowest BCUT2D eigenvalue weighted by atomic mass is 9.85. The van der Waals surface area contributed by atoms with Gasteiger partial charge in [0.15, 0.2) is 5.65 Å². The van der Waals surface area contributed by atoms with Crippen LogP contribution in [0.15, 0.2) is 12.1 Å². The van der Waals surface area contributed by atoms with Crippen molar-refractivity contribution >= 4 is 11.2 Å². The highest BCUT2D eigenvalue weighted by molar-refractivity contribution is 5.71. The molecule has 1 fully saturated rings. The number of nitrogens with two attached hydrogens (primary N) is 1. The van der Waals surface area contributed by atoms with Gasteiger partial charge in [0.25, 0.3) is 0 Å². The minimum Gasteiger partial charge on any atom is -0.478 e. The van der Waals surface area contributed by atoms with Crippen molar-refractivity contribution in [3.8, 4) is 5.88 Å². The summed E-state index contributed by atoms with van der Waals surface area (Å²) in [4.78, 5) is 12.5. The molecule has 5 nitrogen and oxygen atoms in total. The van der Waals surface area contributed by atoms with Gasteiger partial charge < -0.3 is 15.5 Å². The molecule has 1 aliphatic carbocycles. The highest BCUT2D eigenvalue weighted by atomic mass is 16.5. The largest absolute Gasteiger partial charge is 0.478 e. The quantitative estimate of drug-likeness (QED) is 0.882. The Morgan fingerprint density at radius 3 is 2.79 bits per heavy atom. The van der Waals surface area contributed by atoms with Crippen LogP contribution >= 0.6 is 0 Å². The second-order valence-corrected chi connectivity index (χ2v) is 5.23. The summed E-state index contributed by atoms with van der Waals surface area (Å²) >= 11 is 0. The van der Waals surface area contributed by atoms with Crippen molar-refractivity contribution in [2.45, 2.75) is 38.0 Å². The molecular formula is C14H20N4O. The maximum atomic E-state index is 6.00. The molecule has 0 amide bonds. The number of hydrogen-bond donors (Lipinski definition) is 2. The Morgan fingerprint density at radius 1 is 1.32 bits per heavy atom. The third kappa shape index (κ3) is 2.08. The number of nitrogens with one attached hydrogen (secondary N) is 1. The number of ether oxygens (including phenoxy) is 1. The van der Waals surface area contributed by atoms with Gasteiger partial charge in [-0.2, -0.15) is 4.98 Å². The number of nitrogens with zero attached hydrogens (tertiary/aromatic N) is 2. The number of hydrogen-bond acceptors (Lipinski definition) is 4. The maximum Gasteiger partial charge on any atom is 0.215 e. The van der Waals surface area contributed by atoms with Crippen LogP contribution in [0.4, 0.5) is 0 Å². The first-order valence-corrected chi connectivity index (χ1v) is 6.97.